The van der Waals surface area contributed by atoms with E-state index in [-0.39, 0.29) is 12.7 Å². The Hall–Kier alpha value is -2.50. The first-order valence-electron chi connectivity index (χ1n) is 7.26. The van der Waals surface area contributed by atoms with Gasteiger partial charge in [0.15, 0.2) is 11.5 Å². The molecule has 0 spiro atoms. The van der Waals surface area contributed by atoms with E-state index in [0.717, 1.165) is 10.4 Å². The number of hydrogen-bond donors (Lipinski definition) is 1. The Balaban J connectivity index is 1.52. The van der Waals surface area contributed by atoms with Gasteiger partial charge in [-0.3, -0.25) is 4.79 Å². The van der Waals surface area contributed by atoms with E-state index < -0.39 is 0 Å². The van der Waals surface area contributed by atoms with Crippen LogP contribution in [-0.4, -0.2) is 12.7 Å². The maximum absolute atomic E-state index is 12.4. The lowest BCUT2D eigenvalue weighted by Gasteiger charge is -2.04. The van der Waals surface area contributed by atoms with Gasteiger partial charge in [0.25, 0.3) is 5.91 Å². The van der Waals surface area contributed by atoms with Crippen LogP contribution in [0.5, 0.6) is 11.5 Å². The molecule has 2 heterocycles. The molecule has 0 radical (unpaired) electrons. The van der Waals surface area contributed by atoms with Crippen LogP contribution < -0.4 is 14.8 Å². The third-order valence-corrected chi connectivity index (χ3v) is 4.97. The molecule has 1 aromatic heterocycles. The van der Waals surface area contributed by atoms with Gasteiger partial charge in [0.1, 0.15) is 0 Å². The average Bonchev–Trinajstić information content (AvgIpc) is 3.24. The first kappa shape index (κ1) is 15.1. The number of anilines is 1. The molecule has 1 aliphatic heterocycles. The molecule has 6 heteroatoms. The van der Waals surface area contributed by atoms with Gasteiger partial charge in [-0.05, 0) is 42.0 Å². The Labute approximate surface area is 147 Å². The number of ether oxygens (including phenoxy) is 2. The van der Waals surface area contributed by atoms with Crippen LogP contribution in [0.1, 0.15) is 9.67 Å². The summed E-state index contributed by atoms with van der Waals surface area (Å²) in [7, 11) is 0. The summed E-state index contributed by atoms with van der Waals surface area (Å²) in [4.78, 5) is 14.1. The van der Waals surface area contributed by atoms with E-state index in [0.29, 0.717) is 27.1 Å². The van der Waals surface area contributed by atoms with Crippen LogP contribution in [-0.2, 0) is 0 Å². The summed E-state index contributed by atoms with van der Waals surface area (Å²) in [6.45, 7) is 0.210. The molecule has 0 fully saturated rings. The third-order valence-electron chi connectivity index (χ3n) is 3.59. The SMILES string of the molecule is O=C(Nc1ccc2c(c1)OCO2)c1ccc(-c2ccc(Cl)cc2)s1. The molecule has 1 aliphatic rings. The Bertz CT molecular complexity index is 905. The summed E-state index contributed by atoms with van der Waals surface area (Å²) < 4.78 is 10.6. The zero-order valence-electron chi connectivity index (χ0n) is 12.4. The number of rotatable bonds is 3. The molecule has 1 amide bonds. The van der Waals surface area contributed by atoms with E-state index in [4.69, 9.17) is 21.1 Å². The second-order valence-corrected chi connectivity index (χ2v) is 6.71. The molecule has 0 unspecified atom stereocenters. The standard InChI is InChI=1S/C18H12ClNO3S/c19-12-3-1-11(2-4-12)16-7-8-17(24-16)18(21)20-13-5-6-14-15(9-13)23-10-22-14/h1-9H,10H2,(H,20,21). The van der Waals surface area contributed by atoms with Crippen molar-refractivity contribution in [3.05, 3.63) is 64.5 Å². The van der Waals surface area contributed by atoms with E-state index in [9.17, 15) is 4.79 Å². The molecular weight excluding hydrogens is 346 g/mol. The normalized spacial score (nSPS) is 12.2. The fourth-order valence-electron chi connectivity index (χ4n) is 2.40. The lowest BCUT2D eigenvalue weighted by Crippen LogP contribution is -2.09. The molecule has 3 aromatic rings. The molecule has 2 aromatic carbocycles. The number of carbonyl (C=O) groups excluding carboxylic acids is 1. The smallest absolute Gasteiger partial charge is 0.265 e. The van der Waals surface area contributed by atoms with Gasteiger partial charge >= 0.3 is 0 Å². The number of hydrogen-bond acceptors (Lipinski definition) is 4. The zero-order valence-corrected chi connectivity index (χ0v) is 14.0. The van der Waals surface area contributed by atoms with Crippen LogP contribution in [0.4, 0.5) is 5.69 Å². The Morgan fingerprint density at radius 2 is 1.79 bits per heavy atom. The van der Waals surface area contributed by atoms with Crippen molar-refractivity contribution in [2.75, 3.05) is 12.1 Å². The number of amides is 1. The van der Waals surface area contributed by atoms with E-state index >= 15 is 0 Å². The van der Waals surface area contributed by atoms with Crippen molar-refractivity contribution in [3.63, 3.8) is 0 Å². The minimum Gasteiger partial charge on any atom is -0.454 e. The fraction of sp³-hybridized carbons (Fsp3) is 0.0556. The molecule has 120 valence electrons. The lowest BCUT2D eigenvalue weighted by molar-refractivity contribution is 0.103. The maximum atomic E-state index is 12.4. The number of nitrogens with one attached hydrogen (secondary N) is 1. The Morgan fingerprint density at radius 1 is 1.00 bits per heavy atom. The summed E-state index contributed by atoms with van der Waals surface area (Å²) in [5, 5.41) is 3.57. The van der Waals surface area contributed by atoms with E-state index in [1.807, 2.05) is 36.4 Å². The summed E-state index contributed by atoms with van der Waals surface area (Å²) in [5.41, 5.74) is 1.71. The Kier molecular flexibility index (Phi) is 3.88. The van der Waals surface area contributed by atoms with Crippen LogP contribution in [0.15, 0.2) is 54.6 Å². The summed E-state index contributed by atoms with van der Waals surface area (Å²) >= 11 is 7.34. The number of benzene rings is 2. The largest absolute Gasteiger partial charge is 0.454 e. The molecule has 0 bridgehead atoms. The van der Waals surface area contributed by atoms with Crippen molar-refractivity contribution in [3.8, 4) is 21.9 Å². The summed E-state index contributed by atoms with van der Waals surface area (Å²) in [5.74, 6) is 1.18. The highest BCUT2D eigenvalue weighted by atomic mass is 35.5. The minimum absolute atomic E-state index is 0.154. The quantitative estimate of drug-likeness (QED) is 0.713. The zero-order chi connectivity index (χ0) is 16.5. The van der Waals surface area contributed by atoms with Crippen LogP contribution in [0, 0.1) is 0 Å². The Morgan fingerprint density at radius 3 is 2.62 bits per heavy atom. The monoisotopic (exact) mass is 357 g/mol. The van der Waals surface area contributed by atoms with Crippen molar-refractivity contribution in [2.45, 2.75) is 0 Å². The highest BCUT2D eigenvalue weighted by Crippen LogP contribution is 2.35. The van der Waals surface area contributed by atoms with Crippen molar-refractivity contribution in [1.29, 1.82) is 0 Å². The van der Waals surface area contributed by atoms with Gasteiger partial charge in [-0.15, -0.1) is 11.3 Å². The first-order valence-corrected chi connectivity index (χ1v) is 8.45. The van der Waals surface area contributed by atoms with Gasteiger partial charge in [0, 0.05) is 21.7 Å². The molecule has 0 saturated heterocycles. The van der Waals surface area contributed by atoms with Gasteiger partial charge in [-0.25, -0.2) is 0 Å². The maximum Gasteiger partial charge on any atom is 0.265 e. The van der Waals surface area contributed by atoms with Gasteiger partial charge in [0.05, 0.1) is 4.88 Å². The van der Waals surface area contributed by atoms with E-state index in [1.54, 1.807) is 18.2 Å². The van der Waals surface area contributed by atoms with Crippen molar-refractivity contribution >= 4 is 34.5 Å². The minimum atomic E-state index is -0.154. The fourth-order valence-corrected chi connectivity index (χ4v) is 3.43. The average molecular weight is 358 g/mol. The molecule has 24 heavy (non-hydrogen) atoms. The van der Waals surface area contributed by atoms with Crippen LogP contribution in [0.2, 0.25) is 5.02 Å². The van der Waals surface area contributed by atoms with Crippen molar-refractivity contribution in [2.24, 2.45) is 0 Å². The van der Waals surface area contributed by atoms with E-state index in [2.05, 4.69) is 5.32 Å². The molecule has 4 nitrogen and oxygen atoms in total. The molecule has 0 saturated carbocycles. The first-order chi connectivity index (χ1) is 11.7. The number of carbonyl (C=O) groups is 1. The van der Waals surface area contributed by atoms with E-state index in [1.165, 1.54) is 11.3 Å². The highest BCUT2D eigenvalue weighted by Gasteiger charge is 2.15. The van der Waals surface area contributed by atoms with Gasteiger partial charge in [0.2, 0.25) is 6.79 Å². The van der Waals surface area contributed by atoms with Gasteiger partial charge in [-0.2, -0.15) is 0 Å². The van der Waals surface area contributed by atoms with Crippen LogP contribution in [0.3, 0.4) is 0 Å². The predicted octanol–water partition coefficient (Wildman–Crippen LogP) is 5.05. The second kappa shape index (κ2) is 6.19. The third kappa shape index (κ3) is 2.96. The molecule has 4 rings (SSSR count). The van der Waals surface area contributed by atoms with Crippen LogP contribution in [0.25, 0.3) is 10.4 Å². The summed E-state index contributed by atoms with van der Waals surface area (Å²) in [6, 6.07) is 16.6. The number of thiophene rings is 1. The number of halogens is 1. The van der Waals surface area contributed by atoms with Crippen LogP contribution >= 0.6 is 22.9 Å². The highest BCUT2D eigenvalue weighted by molar-refractivity contribution is 7.17. The second-order valence-electron chi connectivity index (χ2n) is 5.19. The summed E-state index contributed by atoms with van der Waals surface area (Å²) in [6.07, 6.45) is 0. The molecular formula is C18H12ClNO3S. The van der Waals surface area contributed by atoms with Crippen molar-refractivity contribution < 1.29 is 14.3 Å². The van der Waals surface area contributed by atoms with Gasteiger partial charge in [-0.1, -0.05) is 23.7 Å². The predicted molar refractivity (Wildman–Crippen MR) is 95.3 cm³/mol. The molecule has 1 N–H and O–H groups in total. The van der Waals surface area contributed by atoms with Crippen molar-refractivity contribution in [1.82, 2.24) is 0 Å². The van der Waals surface area contributed by atoms with Gasteiger partial charge < -0.3 is 14.8 Å². The topological polar surface area (TPSA) is 47.6 Å². The number of fused-ring (bicyclic) bond motifs is 1. The molecule has 0 aliphatic carbocycles. The lowest BCUT2D eigenvalue weighted by atomic mass is 10.2. The molecule has 0 atom stereocenters.